The molecule has 0 radical (unpaired) electrons. The Hall–Kier alpha value is -1.70. The summed E-state index contributed by atoms with van der Waals surface area (Å²) in [7, 11) is 1.59. The van der Waals surface area contributed by atoms with Crippen LogP contribution in [-0.2, 0) is 16.1 Å². The van der Waals surface area contributed by atoms with Crippen molar-refractivity contribution in [2.45, 2.75) is 12.6 Å². The van der Waals surface area contributed by atoms with Crippen molar-refractivity contribution in [3.63, 3.8) is 0 Å². The number of morpholine rings is 1. The first-order chi connectivity index (χ1) is 11.7. The minimum absolute atomic E-state index is 0.109. The van der Waals surface area contributed by atoms with Gasteiger partial charge < -0.3 is 19.7 Å². The number of amides is 1. The molecular weight excluding hydrogens is 313 g/mol. The van der Waals surface area contributed by atoms with Crippen molar-refractivity contribution < 1.29 is 18.7 Å². The molecule has 24 heavy (non-hydrogen) atoms. The van der Waals surface area contributed by atoms with E-state index < -0.39 is 0 Å². The summed E-state index contributed by atoms with van der Waals surface area (Å²) in [5.41, 5.74) is 0.833. The second-order valence-electron chi connectivity index (χ2n) is 6.14. The summed E-state index contributed by atoms with van der Waals surface area (Å²) in [5, 5.41) is 3.20. The van der Waals surface area contributed by atoms with Crippen molar-refractivity contribution >= 4 is 5.91 Å². The van der Waals surface area contributed by atoms with Gasteiger partial charge in [0.05, 0.1) is 20.3 Å². The van der Waals surface area contributed by atoms with Crippen molar-refractivity contribution in [2.24, 2.45) is 0 Å². The molecule has 1 aromatic carbocycles. The van der Waals surface area contributed by atoms with Gasteiger partial charge in [-0.3, -0.25) is 9.69 Å². The predicted octanol–water partition coefficient (Wildman–Crippen LogP) is 0.467. The molecule has 1 aromatic rings. The third kappa shape index (κ3) is 4.03. The monoisotopic (exact) mass is 337 g/mol. The second-order valence-corrected chi connectivity index (χ2v) is 6.14. The Bertz CT molecular complexity index is 570. The predicted molar refractivity (Wildman–Crippen MR) is 87.4 cm³/mol. The molecule has 1 amide bonds. The van der Waals surface area contributed by atoms with Gasteiger partial charge in [0.2, 0.25) is 5.91 Å². The van der Waals surface area contributed by atoms with E-state index >= 15 is 0 Å². The van der Waals surface area contributed by atoms with Gasteiger partial charge in [-0.15, -0.1) is 0 Å². The zero-order valence-corrected chi connectivity index (χ0v) is 14.0. The summed E-state index contributed by atoms with van der Waals surface area (Å²) < 4.78 is 24.1. The number of hydrogen-bond acceptors (Lipinski definition) is 5. The number of ether oxygens (including phenoxy) is 2. The topological polar surface area (TPSA) is 54.0 Å². The minimum Gasteiger partial charge on any atom is -0.496 e. The maximum absolute atomic E-state index is 13.5. The summed E-state index contributed by atoms with van der Waals surface area (Å²) >= 11 is 0. The first-order valence-corrected chi connectivity index (χ1v) is 8.32. The highest BCUT2D eigenvalue weighted by Gasteiger charge is 2.28. The van der Waals surface area contributed by atoms with E-state index in [1.807, 2.05) is 4.90 Å². The molecule has 2 saturated heterocycles. The van der Waals surface area contributed by atoms with Crippen LogP contribution >= 0.6 is 0 Å². The number of nitrogens with zero attached hydrogens (tertiary/aromatic N) is 2. The zero-order valence-electron chi connectivity index (χ0n) is 14.0. The molecule has 2 aliphatic rings. The average molecular weight is 337 g/mol. The Labute approximate surface area is 141 Å². The van der Waals surface area contributed by atoms with E-state index in [1.54, 1.807) is 13.2 Å². The fourth-order valence-corrected chi connectivity index (χ4v) is 3.18. The second kappa shape index (κ2) is 7.92. The Balaban J connectivity index is 1.53. The molecule has 0 aromatic heterocycles. The van der Waals surface area contributed by atoms with Gasteiger partial charge in [-0.1, -0.05) is 0 Å². The molecular formula is C17H24FN3O3. The number of carbonyl (C=O) groups is 1. The molecule has 6 nitrogen and oxygen atoms in total. The number of halogens is 1. The average Bonchev–Trinajstić information content (AvgIpc) is 2.63. The van der Waals surface area contributed by atoms with Crippen LogP contribution in [0.25, 0.3) is 0 Å². The van der Waals surface area contributed by atoms with Gasteiger partial charge in [-0.25, -0.2) is 4.39 Å². The van der Waals surface area contributed by atoms with Crippen molar-refractivity contribution in [3.8, 4) is 5.75 Å². The van der Waals surface area contributed by atoms with Gasteiger partial charge in [0.25, 0.3) is 0 Å². The Morgan fingerprint density at radius 3 is 2.83 bits per heavy atom. The summed E-state index contributed by atoms with van der Waals surface area (Å²) in [5.74, 6) is 0.541. The summed E-state index contributed by atoms with van der Waals surface area (Å²) in [6.45, 7) is 5.32. The minimum atomic E-state index is -0.261. The van der Waals surface area contributed by atoms with E-state index in [0.717, 1.165) is 25.2 Å². The molecule has 2 aliphatic heterocycles. The lowest BCUT2D eigenvalue weighted by molar-refractivity contribution is -0.138. The zero-order chi connectivity index (χ0) is 16.9. The highest BCUT2D eigenvalue weighted by Crippen LogP contribution is 2.21. The molecule has 1 atom stereocenters. The van der Waals surface area contributed by atoms with Crippen LogP contribution in [0.3, 0.4) is 0 Å². The van der Waals surface area contributed by atoms with Crippen LogP contribution in [0.1, 0.15) is 5.56 Å². The molecule has 0 bridgehead atoms. The largest absolute Gasteiger partial charge is 0.496 e. The SMILES string of the molecule is COc1ccc(F)cc1CN1CCN(C(=O)C2COCCN2)CC1. The fourth-order valence-electron chi connectivity index (χ4n) is 3.18. The fraction of sp³-hybridized carbons (Fsp3) is 0.588. The number of carbonyl (C=O) groups excluding carboxylic acids is 1. The van der Waals surface area contributed by atoms with E-state index in [9.17, 15) is 9.18 Å². The van der Waals surface area contributed by atoms with Crippen molar-refractivity contribution in [1.82, 2.24) is 15.1 Å². The molecule has 0 spiro atoms. The van der Waals surface area contributed by atoms with Crippen LogP contribution in [0.4, 0.5) is 4.39 Å². The first kappa shape index (κ1) is 17.1. The maximum atomic E-state index is 13.5. The van der Waals surface area contributed by atoms with Gasteiger partial charge in [0.15, 0.2) is 0 Å². The van der Waals surface area contributed by atoms with E-state index in [2.05, 4.69) is 10.2 Å². The summed E-state index contributed by atoms with van der Waals surface area (Å²) in [6, 6.07) is 4.34. The van der Waals surface area contributed by atoms with Crippen LogP contribution in [0, 0.1) is 5.82 Å². The van der Waals surface area contributed by atoms with Crippen molar-refractivity contribution in [1.29, 1.82) is 0 Å². The van der Waals surface area contributed by atoms with Crippen LogP contribution in [0.5, 0.6) is 5.75 Å². The van der Waals surface area contributed by atoms with Crippen molar-refractivity contribution in [3.05, 3.63) is 29.6 Å². The number of methoxy groups -OCH3 is 1. The number of piperazine rings is 1. The first-order valence-electron chi connectivity index (χ1n) is 8.32. The van der Waals surface area contributed by atoms with Crippen molar-refractivity contribution in [2.75, 3.05) is 53.0 Å². The molecule has 2 heterocycles. The van der Waals surface area contributed by atoms with E-state index in [4.69, 9.17) is 9.47 Å². The Morgan fingerprint density at radius 2 is 2.17 bits per heavy atom. The molecule has 3 rings (SSSR count). The Morgan fingerprint density at radius 1 is 1.38 bits per heavy atom. The van der Waals surface area contributed by atoms with Crippen LogP contribution < -0.4 is 10.1 Å². The number of hydrogen-bond donors (Lipinski definition) is 1. The Kier molecular flexibility index (Phi) is 5.65. The quantitative estimate of drug-likeness (QED) is 0.865. The lowest BCUT2D eigenvalue weighted by Gasteiger charge is -2.37. The van der Waals surface area contributed by atoms with Gasteiger partial charge in [0.1, 0.15) is 17.6 Å². The smallest absolute Gasteiger partial charge is 0.242 e. The van der Waals surface area contributed by atoms with E-state index in [-0.39, 0.29) is 17.8 Å². The number of rotatable bonds is 4. The van der Waals surface area contributed by atoms with Gasteiger partial charge in [-0.05, 0) is 18.2 Å². The van der Waals surface area contributed by atoms with Gasteiger partial charge >= 0.3 is 0 Å². The van der Waals surface area contributed by atoms with Gasteiger partial charge in [0, 0.05) is 44.8 Å². The summed E-state index contributed by atoms with van der Waals surface area (Å²) in [4.78, 5) is 16.6. The van der Waals surface area contributed by atoms with Crippen LogP contribution in [0.2, 0.25) is 0 Å². The molecule has 0 saturated carbocycles. The third-order valence-corrected chi connectivity index (χ3v) is 4.54. The highest BCUT2D eigenvalue weighted by atomic mass is 19.1. The van der Waals surface area contributed by atoms with E-state index in [1.165, 1.54) is 12.1 Å². The lowest BCUT2D eigenvalue weighted by Crippen LogP contribution is -2.57. The molecule has 1 N–H and O–H groups in total. The number of nitrogens with one attached hydrogen (secondary N) is 1. The van der Waals surface area contributed by atoms with Crippen LogP contribution in [0.15, 0.2) is 18.2 Å². The van der Waals surface area contributed by atoms with E-state index in [0.29, 0.717) is 38.6 Å². The maximum Gasteiger partial charge on any atom is 0.242 e. The lowest BCUT2D eigenvalue weighted by atomic mass is 10.1. The molecule has 132 valence electrons. The normalized spacial score (nSPS) is 22.4. The van der Waals surface area contributed by atoms with Crippen LogP contribution in [-0.4, -0.2) is 74.8 Å². The third-order valence-electron chi connectivity index (χ3n) is 4.54. The summed E-state index contributed by atoms with van der Waals surface area (Å²) in [6.07, 6.45) is 0. The number of benzene rings is 1. The molecule has 2 fully saturated rings. The van der Waals surface area contributed by atoms with Gasteiger partial charge in [-0.2, -0.15) is 0 Å². The molecule has 1 unspecified atom stereocenters. The molecule has 0 aliphatic carbocycles. The molecule has 7 heteroatoms. The highest BCUT2D eigenvalue weighted by molar-refractivity contribution is 5.82. The standard InChI is InChI=1S/C17H24FN3O3/c1-23-16-3-2-14(18)10-13(16)11-20-5-7-21(8-6-20)17(22)15-12-24-9-4-19-15/h2-3,10,15,19H,4-9,11-12H2,1H3.